The van der Waals surface area contributed by atoms with Gasteiger partial charge in [0.05, 0.1) is 12.6 Å². The van der Waals surface area contributed by atoms with Crippen LogP contribution >= 0.6 is 0 Å². The number of aromatic nitrogens is 1. The Hall–Kier alpha value is -6.95. The summed E-state index contributed by atoms with van der Waals surface area (Å²) in [5.74, 6) is -2.96. The van der Waals surface area contributed by atoms with Crippen LogP contribution in [-0.4, -0.2) is 95.8 Å². The fourth-order valence-corrected chi connectivity index (χ4v) is 8.24. The van der Waals surface area contributed by atoms with Crippen molar-refractivity contribution in [1.82, 2.24) is 31.6 Å². The van der Waals surface area contributed by atoms with Crippen molar-refractivity contribution in [2.24, 2.45) is 27.9 Å². The van der Waals surface area contributed by atoms with Crippen LogP contribution in [0.2, 0.25) is 0 Å². The van der Waals surface area contributed by atoms with Crippen molar-refractivity contribution >= 4 is 52.3 Å². The minimum Gasteiger partial charge on any atom is -0.491 e. The molecule has 1 fully saturated rings. The third kappa shape index (κ3) is 14.8. The van der Waals surface area contributed by atoms with Crippen LogP contribution in [0.5, 0.6) is 5.75 Å². The monoisotopic (exact) mass is 908 g/mol. The highest BCUT2D eigenvalue weighted by atomic mass is 16.5. The van der Waals surface area contributed by atoms with Gasteiger partial charge in [0.15, 0.2) is 5.96 Å². The number of nitrogens with zero attached hydrogens (tertiary/aromatic N) is 1. The highest BCUT2D eigenvalue weighted by molar-refractivity contribution is 5.98. The molecule has 0 unspecified atom stereocenters. The maximum Gasteiger partial charge on any atom is 0.246 e. The van der Waals surface area contributed by atoms with Crippen molar-refractivity contribution in [3.8, 4) is 5.75 Å². The Morgan fingerprint density at radius 1 is 0.788 bits per heavy atom. The Balaban J connectivity index is 1.41. The summed E-state index contributed by atoms with van der Waals surface area (Å²) in [6.07, 6.45) is 4.43. The van der Waals surface area contributed by atoms with Crippen molar-refractivity contribution in [3.05, 3.63) is 102 Å². The second-order valence-corrected chi connectivity index (χ2v) is 17.1. The van der Waals surface area contributed by atoms with Crippen LogP contribution < -0.4 is 54.3 Å². The van der Waals surface area contributed by atoms with Gasteiger partial charge in [-0.3, -0.25) is 33.8 Å². The lowest BCUT2D eigenvalue weighted by Gasteiger charge is -2.40. The van der Waals surface area contributed by atoms with Crippen molar-refractivity contribution in [3.63, 3.8) is 0 Å². The second-order valence-electron chi connectivity index (χ2n) is 17.1. The SMILES string of the molecule is CC(C)Oc1ccc(C2CCC(NC(=O)CCCN)(C(=O)N[C@H](Cc3ccccc3)C(=O)N[C@@H](CCCN=C(N)N)C(=O)N[C@@H](Cc3c[nH]c4ccccc34)C(=O)NCC(N)=O)CC2)cc1. The van der Waals surface area contributed by atoms with Gasteiger partial charge < -0.3 is 59.2 Å². The molecular weight excluding hydrogens is 843 g/mol. The zero-order chi connectivity index (χ0) is 47.6. The predicted octanol–water partition coefficient (Wildman–Crippen LogP) is 1.80. The molecule has 1 heterocycles. The summed E-state index contributed by atoms with van der Waals surface area (Å²) in [6, 6.07) is 20.8. The fourth-order valence-electron chi connectivity index (χ4n) is 8.24. The first-order valence-electron chi connectivity index (χ1n) is 22.6. The molecule has 0 radical (unpaired) electrons. The Bertz CT molecular complexity index is 2290. The van der Waals surface area contributed by atoms with E-state index in [1.54, 1.807) is 6.20 Å². The number of carbonyl (C=O) groups is 6. The van der Waals surface area contributed by atoms with Gasteiger partial charge >= 0.3 is 0 Å². The molecule has 1 aliphatic carbocycles. The third-order valence-electron chi connectivity index (χ3n) is 11.6. The molecule has 18 nitrogen and oxygen atoms in total. The number of para-hydroxylation sites is 1. The number of benzene rings is 3. The summed E-state index contributed by atoms with van der Waals surface area (Å²) < 4.78 is 5.83. The van der Waals surface area contributed by atoms with E-state index in [4.69, 9.17) is 27.7 Å². The Labute approximate surface area is 385 Å². The van der Waals surface area contributed by atoms with Crippen LogP contribution in [0.25, 0.3) is 10.9 Å². The largest absolute Gasteiger partial charge is 0.491 e. The number of primary amides is 1. The quantitative estimate of drug-likeness (QED) is 0.0276. The van der Waals surface area contributed by atoms with Gasteiger partial charge in [-0.25, -0.2) is 0 Å². The summed E-state index contributed by atoms with van der Waals surface area (Å²) in [7, 11) is 0. The normalized spacial score (nSPS) is 17.1. The Morgan fingerprint density at radius 2 is 1.44 bits per heavy atom. The van der Waals surface area contributed by atoms with Gasteiger partial charge in [0.2, 0.25) is 35.4 Å². The molecule has 0 bridgehead atoms. The molecule has 0 saturated heterocycles. The average molecular weight is 908 g/mol. The molecule has 3 atom stereocenters. The van der Waals surface area contributed by atoms with Crippen LogP contribution in [0.1, 0.15) is 87.8 Å². The molecule has 1 aromatic heterocycles. The lowest BCUT2D eigenvalue weighted by Crippen LogP contribution is -2.64. The molecule has 354 valence electrons. The molecule has 6 amide bonds. The van der Waals surface area contributed by atoms with Crippen LogP contribution in [0, 0.1) is 0 Å². The standard InChI is InChI=1S/C48H65N11O7/c1-30(2)66-35-18-16-32(17-19-35)33-20-22-48(23-21-33,59-42(61)15-8-24-49)46(65)58-39(26-31-10-4-3-5-11-31)45(64)56-38(14-9-25-53-47(51)52)44(63)57-40(43(62)55-29-41(50)60)27-34-28-54-37-13-7-6-12-36(34)37/h3-7,10-13,16-19,28,30,33,38-40,54H,8-9,14-15,20-27,29,49H2,1-2H3,(H2,50,60)(H,55,62)(H,56,64)(H,57,63)(H,58,65)(H,59,61)(H4,51,52,53)/t33?,38-,39+,40-,48?/m0/s1. The number of rotatable bonds is 24. The molecule has 0 spiro atoms. The van der Waals surface area contributed by atoms with Crippen molar-refractivity contribution < 1.29 is 33.5 Å². The van der Waals surface area contributed by atoms with Crippen LogP contribution in [-0.2, 0) is 41.6 Å². The predicted molar refractivity (Wildman–Crippen MR) is 253 cm³/mol. The average Bonchev–Trinajstić information content (AvgIpc) is 3.70. The minimum absolute atomic E-state index is 0.0273. The molecule has 14 N–H and O–H groups in total. The van der Waals surface area contributed by atoms with Crippen LogP contribution in [0.15, 0.2) is 90.1 Å². The second kappa shape index (κ2) is 24.4. The fraction of sp³-hybridized carbons (Fsp3) is 0.438. The molecular formula is C48H65N11O7. The summed E-state index contributed by atoms with van der Waals surface area (Å²) in [4.78, 5) is 89.4. The lowest BCUT2D eigenvalue weighted by molar-refractivity contribution is -0.138. The zero-order valence-corrected chi connectivity index (χ0v) is 37.8. The minimum atomic E-state index is -1.34. The van der Waals surface area contributed by atoms with Crippen molar-refractivity contribution in [2.75, 3.05) is 19.6 Å². The maximum atomic E-state index is 14.7. The summed E-state index contributed by atoms with van der Waals surface area (Å²) in [6.45, 7) is 3.89. The first-order valence-corrected chi connectivity index (χ1v) is 22.6. The molecule has 1 aliphatic rings. The number of hydrogen-bond donors (Lipinski definition) is 10. The van der Waals surface area contributed by atoms with E-state index in [-0.39, 0.29) is 62.5 Å². The van der Waals surface area contributed by atoms with Gasteiger partial charge in [-0.2, -0.15) is 0 Å². The zero-order valence-electron chi connectivity index (χ0n) is 37.8. The van der Waals surface area contributed by atoms with E-state index < -0.39 is 59.7 Å². The molecule has 18 heteroatoms. The molecule has 0 aliphatic heterocycles. The molecule has 5 rings (SSSR count). The number of nitrogens with one attached hydrogen (secondary N) is 6. The maximum absolute atomic E-state index is 14.7. The highest BCUT2D eigenvalue weighted by Crippen LogP contribution is 2.39. The highest BCUT2D eigenvalue weighted by Gasteiger charge is 2.44. The summed E-state index contributed by atoms with van der Waals surface area (Å²) in [5.41, 5.74) is 24.2. The number of nitrogens with two attached hydrogens (primary N) is 4. The number of H-pyrrole nitrogens is 1. The van der Waals surface area contributed by atoms with E-state index >= 15 is 0 Å². The Kier molecular flexibility index (Phi) is 18.5. The van der Waals surface area contributed by atoms with Crippen molar-refractivity contribution in [1.29, 1.82) is 0 Å². The summed E-state index contributed by atoms with van der Waals surface area (Å²) >= 11 is 0. The van der Waals surface area contributed by atoms with E-state index in [1.165, 1.54) is 0 Å². The number of aliphatic imine (C=N–C) groups is 1. The van der Waals surface area contributed by atoms with Gasteiger partial charge in [-0.1, -0.05) is 60.7 Å². The van der Waals surface area contributed by atoms with E-state index in [0.29, 0.717) is 38.6 Å². The topological polar surface area (TPSA) is 304 Å². The van der Waals surface area contributed by atoms with Gasteiger partial charge in [0, 0.05) is 42.9 Å². The smallest absolute Gasteiger partial charge is 0.246 e. The number of ether oxygens (including phenoxy) is 1. The number of aromatic amines is 1. The lowest BCUT2D eigenvalue weighted by atomic mass is 9.73. The van der Waals surface area contributed by atoms with E-state index in [2.05, 4.69) is 36.6 Å². The molecule has 3 aromatic carbocycles. The molecule has 66 heavy (non-hydrogen) atoms. The van der Waals surface area contributed by atoms with E-state index in [1.807, 2.05) is 92.7 Å². The van der Waals surface area contributed by atoms with Gasteiger partial charge in [-0.15, -0.1) is 0 Å². The third-order valence-corrected chi connectivity index (χ3v) is 11.6. The number of amides is 6. The van der Waals surface area contributed by atoms with Crippen molar-refractivity contribution in [2.45, 2.75) is 114 Å². The van der Waals surface area contributed by atoms with Gasteiger partial charge in [0.1, 0.15) is 29.4 Å². The van der Waals surface area contributed by atoms with Gasteiger partial charge in [0.25, 0.3) is 0 Å². The number of guanidine groups is 1. The Morgan fingerprint density at radius 3 is 2.11 bits per heavy atom. The van der Waals surface area contributed by atoms with Crippen LogP contribution in [0.4, 0.5) is 0 Å². The number of carbonyl (C=O) groups excluding carboxylic acids is 6. The molecule has 1 saturated carbocycles. The number of fused-ring (bicyclic) bond motifs is 1. The summed E-state index contributed by atoms with van der Waals surface area (Å²) in [5, 5.41) is 14.9. The van der Waals surface area contributed by atoms with E-state index in [9.17, 15) is 28.8 Å². The first kappa shape index (κ1) is 50.1. The molecule has 4 aromatic rings. The van der Waals surface area contributed by atoms with Gasteiger partial charge in [-0.05, 0) is 106 Å². The first-order chi connectivity index (χ1) is 31.7. The van der Waals surface area contributed by atoms with Crippen LogP contribution in [0.3, 0.4) is 0 Å². The van der Waals surface area contributed by atoms with E-state index in [0.717, 1.165) is 33.3 Å². The number of hydrogen-bond acceptors (Lipinski definition) is 9.